The highest BCUT2D eigenvalue weighted by Crippen LogP contribution is 2.43. The summed E-state index contributed by atoms with van der Waals surface area (Å²) in [6, 6.07) is 17.2. The molecule has 0 amide bonds. The van der Waals surface area contributed by atoms with Gasteiger partial charge >= 0.3 is 0 Å². The van der Waals surface area contributed by atoms with E-state index in [2.05, 4.69) is 48.5 Å². The van der Waals surface area contributed by atoms with Crippen LogP contribution in [0.25, 0.3) is 0 Å². The maximum Gasteiger partial charge on any atom is 0.0915 e. The molecule has 21 heavy (non-hydrogen) atoms. The van der Waals surface area contributed by atoms with Gasteiger partial charge in [0.15, 0.2) is 0 Å². The van der Waals surface area contributed by atoms with Gasteiger partial charge in [-0.25, -0.2) is 0 Å². The van der Waals surface area contributed by atoms with Gasteiger partial charge in [-0.2, -0.15) is 0 Å². The van der Waals surface area contributed by atoms with E-state index in [0.29, 0.717) is 0 Å². The van der Waals surface area contributed by atoms with E-state index in [1.165, 1.54) is 35.3 Å². The van der Waals surface area contributed by atoms with E-state index in [1.807, 2.05) is 11.8 Å². The van der Waals surface area contributed by atoms with Crippen LogP contribution in [0.2, 0.25) is 0 Å². The van der Waals surface area contributed by atoms with Crippen molar-refractivity contribution in [1.29, 1.82) is 0 Å². The van der Waals surface area contributed by atoms with Gasteiger partial charge in [0.25, 0.3) is 0 Å². The molecule has 1 aliphatic heterocycles. The van der Waals surface area contributed by atoms with Gasteiger partial charge in [0.2, 0.25) is 0 Å². The third kappa shape index (κ3) is 2.51. The fourth-order valence-electron chi connectivity index (χ4n) is 3.31. The molecule has 0 bridgehead atoms. The lowest BCUT2D eigenvalue weighted by Gasteiger charge is -2.26. The summed E-state index contributed by atoms with van der Waals surface area (Å²) >= 11 is 1.82. The molecule has 2 aliphatic rings. The molecule has 2 aromatic carbocycles. The average Bonchev–Trinajstić information content (AvgIpc) is 2.89. The second-order valence-corrected chi connectivity index (χ2v) is 7.49. The van der Waals surface area contributed by atoms with Gasteiger partial charge in [0, 0.05) is 10.1 Å². The van der Waals surface area contributed by atoms with Crippen molar-refractivity contribution in [2.45, 2.75) is 47.9 Å². The highest BCUT2D eigenvalue weighted by atomic mass is 32.2. The van der Waals surface area contributed by atoms with E-state index >= 15 is 0 Å². The zero-order valence-corrected chi connectivity index (χ0v) is 12.9. The SMILES string of the molecule is OC(c1ccc(C2CCC2)cc1)C1Cc2ccccc2S1. The van der Waals surface area contributed by atoms with Crippen LogP contribution in [0.3, 0.4) is 0 Å². The molecule has 2 heteroatoms. The second-order valence-electron chi connectivity index (χ2n) is 6.21. The third-order valence-electron chi connectivity index (χ3n) is 4.88. The molecule has 1 N–H and O–H groups in total. The maximum absolute atomic E-state index is 10.7. The van der Waals surface area contributed by atoms with E-state index in [1.54, 1.807) is 0 Å². The highest BCUT2D eigenvalue weighted by molar-refractivity contribution is 8.00. The van der Waals surface area contributed by atoms with Gasteiger partial charge < -0.3 is 5.11 Å². The number of thioether (sulfide) groups is 1. The summed E-state index contributed by atoms with van der Waals surface area (Å²) in [5, 5.41) is 10.9. The molecule has 0 aromatic heterocycles. The number of rotatable bonds is 3. The van der Waals surface area contributed by atoms with Crippen LogP contribution in [-0.4, -0.2) is 10.4 Å². The lowest BCUT2D eigenvalue weighted by molar-refractivity contribution is 0.175. The van der Waals surface area contributed by atoms with Crippen LogP contribution >= 0.6 is 11.8 Å². The van der Waals surface area contributed by atoms with Crippen molar-refractivity contribution >= 4 is 11.8 Å². The summed E-state index contributed by atoms with van der Waals surface area (Å²) in [5.41, 5.74) is 3.88. The van der Waals surface area contributed by atoms with Crippen molar-refractivity contribution in [3.8, 4) is 0 Å². The average molecular weight is 296 g/mol. The van der Waals surface area contributed by atoms with E-state index < -0.39 is 0 Å². The fourth-order valence-corrected chi connectivity index (χ4v) is 4.64. The van der Waals surface area contributed by atoms with Crippen molar-refractivity contribution < 1.29 is 5.11 Å². The molecular weight excluding hydrogens is 276 g/mol. The quantitative estimate of drug-likeness (QED) is 0.885. The van der Waals surface area contributed by atoms with Crippen LogP contribution in [0.5, 0.6) is 0 Å². The number of aliphatic hydroxyl groups excluding tert-OH is 1. The first-order chi connectivity index (χ1) is 10.3. The molecule has 4 rings (SSSR count). The van der Waals surface area contributed by atoms with Gasteiger partial charge in [-0.1, -0.05) is 48.9 Å². The third-order valence-corrected chi connectivity index (χ3v) is 6.26. The number of benzene rings is 2. The molecule has 0 spiro atoms. The Morgan fingerprint density at radius 3 is 2.43 bits per heavy atom. The van der Waals surface area contributed by atoms with Crippen LogP contribution in [0.1, 0.15) is 48.0 Å². The summed E-state index contributed by atoms with van der Waals surface area (Å²) in [6.07, 6.45) is 4.61. The molecule has 108 valence electrons. The Morgan fingerprint density at radius 2 is 1.76 bits per heavy atom. The van der Waals surface area contributed by atoms with Crippen molar-refractivity contribution in [3.63, 3.8) is 0 Å². The first-order valence-electron chi connectivity index (χ1n) is 7.84. The molecule has 1 saturated carbocycles. The molecule has 0 radical (unpaired) electrons. The predicted octanol–water partition coefficient (Wildman–Crippen LogP) is 4.70. The Labute approximate surface area is 130 Å². The zero-order chi connectivity index (χ0) is 14.2. The van der Waals surface area contributed by atoms with Gasteiger partial charge in [0.05, 0.1) is 6.10 Å². The summed E-state index contributed by atoms with van der Waals surface area (Å²) in [4.78, 5) is 1.33. The summed E-state index contributed by atoms with van der Waals surface area (Å²) in [7, 11) is 0. The van der Waals surface area contributed by atoms with Crippen molar-refractivity contribution in [3.05, 3.63) is 65.2 Å². The van der Waals surface area contributed by atoms with E-state index in [-0.39, 0.29) is 11.4 Å². The van der Waals surface area contributed by atoms with Crippen LogP contribution < -0.4 is 0 Å². The zero-order valence-electron chi connectivity index (χ0n) is 12.0. The summed E-state index contributed by atoms with van der Waals surface area (Å²) in [6.45, 7) is 0. The number of hydrogen-bond acceptors (Lipinski definition) is 2. The number of fused-ring (bicyclic) bond motifs is 1. The fraction of sp³-hybridized carbons (Fsp3) is 0.368. The van der Waals surface area contributed by atoms with Crippen molar-refractivity contribution in [1.82, 2.24) is 0 Å². The molecule has 1 aliphatic carbocycles. The Bertz CT molecular complexity index is 605. The van der Waals surface area contributed by atoms with Crippen LogP contribution in [-0.2, 0) is 6.42 Å². The molecular formula is C19H20OS. The Kier molecular flexibility index (Phi) is 3.52. The van der Waals surface area contributed by atoms with Crippen LogP contribution in [0.15, 0.2) is 53.4 Å². The molecule has 2 aromatic rings. The van der Waals surface area contributed by atoms with Gasteiger partial charge in [-0.3, -0.25) is 0 Å². The molecule has 1 fully saturated rings. The van der Waals surface area contributed by atoms with Gasteiger partial charge in [0.1, 0.15) is 0 Å². The van der Waals surface area contributed by atoms with E-state index in [0.717, 1.165) is 17.9 Å². The standard InChI is InChI=1S/C19H20OS/c20-19(18-12-16-4-1-2-7-17(16)21-18)15-10-8-14(9-11-15)13-5-3-6-13/h1-2,4,7-11,13,18-20H,3,5-6,12H2. The smallest absolute Gasteiger partial charge is 0.0915 e. The number of hydrogen-bond donors (Lipinski definition) is 1. The monoisotopic (exact) mass is 296 g/mol. The molecule has 0 saturated heterocycles. The molecule has 1 nitrogen and oxygen atoms in total. The Balaban J connectivity index is 1.49. The lowest BCUT2D eigenvalue weighted by atomic mass is 9.80. The van der Waals surface area contributed by atoms with Crippen LogP contribution in [0.4, 0.5) is 0 Å². The predicted molar refractivity (Wildman–Crippen MR) is 87.8 cm³/mol. The van der Waals surface area contributed by atoms with Gasteiger partial charge in [-0.05, 0) is 47.9 Å². The Hall–Kier alpha value is -1.25. The molecule has 1 heterocycles. The minimum absolute atomic E-state index is 0.247. The minimum Gasteiger partial charge on any atom is -0.387 e. The van der Waals surface area contributed by atoms with E-state index in [4.69, 9.17) is 0 Å². The summed E-state index contributed by atoms with van der Waals surface area (Å²) < 4.78 is 0. The molecule has 2 atom stereocenters. The highest BCUT2D eigenvalue weighted by Gasteiger charge is 2.29. The first kappa shape index (κ1) is 13.4. The topological polar surface area (TPSA) is 20.2 Å². The van der Waals surface area contributed by atoms with Gasteiger partial charge in [-0.15, -0.1) is 11.8 Å². The molecule has 2 unspecified atom stereocenters. The van der Waals surface area contributed by atoms with Crippen LogP contribution in [0, 0.1) is 0 Å². The van der Waals surface area contributed by atoms with E-state index in [9.17, 15) is 5.11 Å². The Morgan fingerprint density at radius 1 is 1.00 bits per heavy atom. The minimum atomic E-state index is -0.377. The lowest BCUT2D eigenvalue weighted by Crippen LogP contribution is -2.14. The normalized spacial score (nSPS) is 22.6. The summed E-state index contributed by atoms with van der Waals surface area (Å²) in [5.74, 6) is 0.765. The maximum atomic E-state index is 10.7. The largest absolute Gasteiger partial charge is 0.387 e. The number of aliphatic hydroxyl groups is 1. The van der Waals surface area contributed by atoms with Crippen molar-refractivity contribution in [2.75, 3.05) is 0 Å². The first-order valence-corrected chi connectivity index (χ1v) is 8.72. The van der Waals surface area contributed by atoms with Crippen molar-refractivity contribution in [2.24, 2.45) is 0 Å². The second kappa shape index (κ2) is 5.51.